The summed E-state index contributed by atoms with van der Waals surface area (Å²) in [6.45, 7) is 4.05. The van der Waals surface area contributed by atoms with E-state index in [1.165, 1.54) is 21.6 Å². The Kier molecular flexibility index (Phi) is 6.07. The summed E-state index contributed by atoms with van der Waals surface area (Å²) in [6, 6.07) is 6.18. The largest absolute Gasteiger partial charge is 0.481 e. The molecule has 0 radical (unpaired) electrons. The van der Waals surface area contributed by atoms with Crippen LogP contribution >= 0.6 is 23.4 Å². The molecule has 2 amide bonds. The van der Waals surface area contributed by atoms with Crippen LogP contribution < -0.4 is 4.90 Å². The van der Waals surface area contributed by atoms with Crippen molar-refractivity contribution in [3.8, 4) is 0 Å². The third-order valence-corrected chi connectivity index (χ3v) is 8.87. The van der Waals surface area contributed by atoms with Gasteiger partial charge in [-0.25, -0.2) is 0 Å². The molecule has 3 fully saturated rings. The number of fused-ring (bicyclic) bond motifs is 1. The maximum Gasteiger partial charge on any atom is 0.308 e. The van der Waals surface area contributed by atoms with Gasteiger partial charge in [0.1, 0.15) is 6.04 Å². The van der Waals surface area contributed by atoms with E-state index >= 15 is 0 Å². The van der Waals surface area contributed by atoms with E-state index in [4.69, 9.17) is 11.6 Å². The lowest BCUT2D eigenvalue weighted by molar-refractivity contribution is -0.148. The number of carboxylic acids is 1. The van der Waals surface area contributed by atoms with Crippen LogP contribution in [-0.2, 0) is 14.4 Å². The molecular weight excluding hydrogens is 440 g/mol. The summed E-state index contributed by atoms with van der Waals surface area (Å²) >= 11 is 7.87. The van der Waals surface area contributed by atoms with E-state index in [0.717, 1.165) is 0 Å². The van der Waals surface area contributed by atoms with Crippen LogP contribution in [0.2, 0.25) is 5.02 Å². The Morgan fingerprint density at radius 3 is 2.77 bits per heavy atom. The normalized spacial score (nSPS) is 31.0. The molecule has 4 rings (SSSR count). The van der Waals surface area contributed by atoms with Gasteiger partial charge in [0.25, 0.3) is 5.91 Å². The fourth-order valence-electron chi connectivity index (χ4n) is 5.45. The first-order valence-corrected chi connectivity index (χ1v) is 11.6. The Labute approximate surface area is 190 Å². The molecule has 2 N–H and O–H groups in total. The number of benzene rings is 1. The average Bonchev–Trinajstić information content (AvgIpc) is 3.38. The van der Waals surface area contributed by atoms with Gasteiger partial charge >= 0.3 is 5.97 Å². The Hall–Kier alpha value is -2.03. The van der Waals surface area contributed by atoms with Gasteiger partial charge in [0.05, 0.1) is 27.3 Å². The molecule has 3 heterocycles. The lowest BCUT2D eigenvalue weighted by Gasteiger charge is -2.37. The average molecular weight is 465 g/mol. The van der Waals surface area contributed by atoms with Crippen molar-refractivity contribution in [1.29, 1.82) is 0 Å². The number of carbonyl (C=O) groups is 3. The zero-order valence-electron chi connectivity index (χ0n) is 16.9. The van der Waals surface area contributed by atoms with Crippen LogP contribution in [0.1, 0.15) is 19.3 Å². The molecule has 9 heteroatoms. The number of anilines is 1. The van der Waals surface area contributed by atoms with Gasteiger partial charge in [0, 0.05) is 24.9 Å². The van der Waals surface area contributed by atoms with Crippen molar-refractivity contribution < 1.29 is 24.6 Å². The number of carboxylic acid groups (broad SMARTS) is 1. The molecule has 1 spiro atoms. The number of aliphatic hydroxyl groups is 1. The summed E-state index contributed by atoms with van der Waals surface area (Å²) < 4.78 is -0.780. The summed E-state index contributed by atoms with van der Waals surface area (Å²) in [6.07, 6.45) is 3.19. The zero-order chi connectivity index (χ0) is 22.3. The minimum absolute atomic E-state index is 0.124. The van der Waals surface area contributed by atoms with Crippen LogP contribution in [0.4, 0.5) is 5.69 Å². The van der Waals surface area contributed by atoms with Gasteiger partial charge in [-0.2, -0.15) is 0 Å². The number of hydrogen-bond donors (Lipinski definition) is 2. The third-order valence-electron chi connectivity index (χ3n) is 6.60. The van der Waals surface area contributed by atoms with Crippen LogP contribution in [0.3, 0.4) is 0 Å². The number of nitrogens with zero attached hydrogens (tertiary/aromatic N) is 2. The SMILES string of the molecule is C=CCN(C(=O)C1N(CCCO)C(=O)[C@@H]2[C@@H](C(=O)O)[C@H]3CCC12S3)c1ccccc1Cl. The van der Waals surface area contributed by atoms with Gasteiger partial charge in [0.2, 0.25) is 5.91 Å². The molecule has 1 aromatic rings. The fourth-order valence-corrected chi connectivity index (χ4v) is 7.89. The molecule has 2 unspecified atom stereocenters. The number of amides is 2. The lowest BCUT2D eigenvalue weighted by atomic mass is 9.71. The van der Waals surface area contributed by atoms with Gasteiger partial charge in [-0.15, -0.1) is 18.3 Å². The second-order valence-corrected chi connectivity index (χ2v) is 10.2. The van der Waals surface area contributed by atoms with Crippen molar-refractivity contribution in [1.82, 2.24) is 4.90 Å². The maximum atomic E-state index is 14.0. The molecule has 1 aromatic carbocycles. The monoisotopic (exact) mass is 464 g/mol. The number of halogens is 1. The van der Waals surface area contributed by atoms with Crippen LogP contribution in [0.5, 0.6) is 0 Å². The maximum absolute atomic E-state index is 14.0. The van der Waals surface area contributed by atoms with E-state index in [0.29, 0.717) is 30.0 Å². The van der Waals surface area contributed by atoms with E-state index in [9.17, 15) is 24.6 Å². The molecule has 0 saturated carbocycles. The second kappa shape index (κ2) is 8.48. The van der Waals surface area contributed by atoms with Crippen LogP contribution in [0.25, 0.3) is 0 Å². The lowest BCUT2D eigenvalue weighted by Crippen LogP contribution is -2.55. The van der Waals surface area contributed by atoms with E-state index in [1.54, 1.807) is 30.3 Å². The molecule has 0 aromatic heterocycles. The van der Waals surface area contributed by atoms with Gasteiger partial charge in [-0.1, -0.05) is 29.8 Å². The van der Waals surface area contributed by atoms with Crippen molar-refractivity contribution in [2.24, 2.45) is 11.8 Å². The highest BCUT2D eigenvalue weighted by Crippen LogP contribution is 2.66. The van der Waals surface area contributed by atoms with Crippen molar-refractivity contribution in [3.63, 3.8) is 0 Å². The smallest absolute Gasteiger partial charge is 0.308 e. The number of carbonyl (C=O) groups excluding carboxylic acids is 2. The summed E-state index contributed by atoms with van der Waals surface area (Å²) in [4.78, 5) is 42.5. The van der Waals surface area contributed by atoms with Gasteiger partial charge < -0.3 is 20.0 Å². The number of rotatable bonds is 8. The van der Waals surface area contributed by atoms with Crippen molar-refractivity contribution in [2.75, 3.05) is 24.6 Å². The standard InChI is InChI=1S/C22H25ClN2O5S/c1-2-10-24(14-7-4-3-6-13(14)23)20(28)18-22-9-8-15(31-22)16(21(29)30)17(22)19(27)25(18)11-5-12-26/h2-4,6-7,15-18,26H,1,5,8-12H2,(H,29,30)/t15-,16+,17+,18?,22?/m1/s1. The number of hydrogen-bond acceptors (Lipinski definition) is 5. The molecule has 0 aliphatic carbocycles. The molecule has 7 nitrogen and oxygen atoms in total. The number of aliphatic carboxylic acids is 1. The first-order chi connectivity index (χ1) is 14.9. The molecule has 166 valence electrons. The first-order valence-electron chi connectivity index (χ1n) is 10.4. The Bertz CT molecular complexity index is 927. The Balaban J connectivity index is 1.79. The third kappa shape index (κ3) is 3.36. The molecule has 31 heavy (non-hydrogen) atoms. The number of likely N-dealkylation sites (tertiary alicyclic amines) is 1. The summed E-state index contributed by atoms with van der Waals surface area (Å²) in [7, 11) is 0. The van der Waals surface area contributed by atoms with Crippen molar-refractivity contribution in [2.45, 2.75) is 35.3 Å². The molecule has 3 aliphatic heterocycles. The topological polar surface area (TPSA) is 98.2 Å². The van der Waals surface area contributed by atoms with Gasteiger partial charge in [-0.3, -0.25) is 14.4 Å². The Morgan fingerprint density at radius 1 is 1.39 bits per heavy atom. The van der Waals surface area contributed by atoms with E-state index in [2.05, 4.69) is 6.58 Å². The minimum atomic E-state index is -0.985. The van der Waals surface area contributed by atoms with Crippen LogP contribution in [-0.4, -0.2) is 68.6 Å². The quantitative estimate of drug-likeness (QED) is 0.573. The molecule has 3 aliphatic rings. The highest BCUT2D eigenvalue weighted by atomic mass is 35.5. The van der Waals surface area contributed by atoms with Crippen molar-refractivity contribution >= 4 is 46.8 Å². The molecule has 2 bridgehead atoms. The molecular formula is C22H25ClN2O5S. The van der Waals surface area contributed by atoms with Crippen LogP contribution in [0, 0.1) is 11.8 Å². The minimum Gasteiger partial charge on any atom is -0.481 e. The van der Waals surface area contributed by atoms with E-state index in [1.807, 2.05) is 0 Å². The summed E-state index contributed by atoms with van der Waals surface area (Å²) in [5.74, 6) is -3.11. The second-order valence-electron chi connectivity index (χ2n) is 8.19. The predicted octanol–water partition coefficient (Wildman–Crippen LogP) is 2.42. The zero-order valence-corrected chi connectivity index (χ0v) is 18.5. The van der Waals surface area contributed by atoms with E-state index in [-0.39, 0.29) is 36.8 Å². The highest BCUT2D eigenvalue weighted by Gasteiger charge is 2.74. The fraction of sp³-hybridized carbons (Fsp3) is 0.500. The highest BCUT2D eigenvalue weighted by molar-refractivity contribution is 8.02. The number of aliphatic hydroxyl groups excluding tert-OH is 1. The molecule has 5 atom stereocenters. The van der Waals surface area contributed by atoms with Gasteiger partial charge in [0.15, 0.2) is 0 Å². The number of thioether (sulfide) groups is 1. The predicted molar refractivity (Wildman–Crippen MR) is 119 cm³/mol. The van der Waals surface area contributed by atoms with Crippen LogP contribution in [0.15, 0.2) is 36.9 Å². The van der Waals surface area contributed by atoms with Gasteiger partial charge in [-0.05, 0) is 31.4 Å². The summed E-state index contributed by atoms with van der Waals surface area (Å²) in [5.41, 5.74) is 0.524. The first kappa shape index (κ1) is 22.2. The van der Waals surface area contributed by atoms with Crippen molar-refractivity contribution in [3.05, 3.63) is 41.9 Å². The summed E-state index contributed by atoms with van der Waals surface area (Å²) in [5, 5.41) is 19.4. The number of para-hydroxylation sites is 1. The Morgan fingerprint density at radius 2 is 2.13 bits per heavy atom. The molecule has 3 saturated heterocycles. The van der Waals surface area contributed by atoms with E-state index < -0.39 is 28.6 Å².